The summed E-state index contributed by atoms with van der Waals surface area (Å²) in [6, 6.07) is 0. The smallest absolute Gasteiger partial charge is 0.231 e. The van der Waals surface area contributed by atoms with Crippen molar-refractivity contribution in [1.29, 1.82) is 0 Å². The molecule has 0 aliphatic carbocycles. The summed E-state index contributed by atoms with van der Waals surface area (Å²) in [6.07, 6.45) is 0.548. The first-order valence-corrected chi connectivity index (χ1v) is 4.56. The summed E-state index contributed by atoms with van der Waals surface area (Å²) in [4.78, 5) is 10.5. The van der Waals surface area contributed by atoms with Gasteiger partial charge in [-0.25, -0.2) is 0 Å². The number of nitro groups is 1. The zero-order chi connectivity index (χ0) is 10.3. The first kappa shape index (κ1) is 12.3. The summed E-state index contributed by atoms with van der Waals surface area (Å²) in [6.45, 7) is 5.53. The molecule has 0 rings (SSSR count). The number of hydrogen-bond donors (Lipinski definition) is 2. The lowest BCUT2D eigenvalue weighted by atomic mass is 10.0. The van der Waals surface area contributed by atoms with Crippen molar-refractivity contribution in [2.24, 2.45) is 0 Å². The van der Waals surface area contributed by atoms with Crippen molar-refractivity contribution in [3.05, 3.63) is 10.1 Å². The van der Waals surface area contributed by atoms with Crippen LogP contribution in [0.4, 0.5) is 0 Å². The van der Waals surface area contributed by atoms with Gasteiger partial charge in [0.1, 0.15) is 0 Å². The quantitative estimate of drug-likeness (QED) is 0.342. The summed E-state index contributed by atoms with van der Waals surface area (Å²) >= 11 is 0. The highest BCUT2D eigenvalue weighted by atomic mass is 16.6. The number of rotatable bonds is 7. The minimum absolute atomic E-state index is 0.209. The Labute approximate surface area is 79.0 Å². The average molecular weight is 189 g/mol. The van der Waals surface area contributed by atoms with Gasteiger partial charge in [0.05, 0.1) is 6.54 Å². The lowest BCUT2D eigenvalue weighted by Crippen LogP contribution is -2.45. The first-order chi connectivity index (χ1) is 6.06. The molecule has 78 valence electrons. The Morgan fingerprint density at radius 2 is 2.08 bits per heavy atom. The van der Waals surface area contributed by atoms with Crippen molar-refractivity contribution in [3.63, 3.8) is 0 Å². The van der Waals surface area contributed by atoms with Gasteiger partial charge in [-0.05, 0) is 7.05 Å². The standard InChI is InChI=1S/C8H19N3O2/c1-4-8(2,11(12)13)7-10-6-5-9-3/h9-10H,4-7H2,1-3H3. The van der Waals surface area contributed by atoms with Crippen LogP contribution in [0.2, 0.25) is 0 Å². The molecule has 0 fully saturated rings. The Morgan fingerprint density at radius 1 is 1.46 bits per heavy atom. The highest BCUT2D eigenvalue weighted by molar-refractivity contribution is 4.74. The maximum absolute atomic E-state index is 10.7. The fraction of sp³-hybridized carbons (Fsp3) is 1.00. The predicted molar refractivity (Wildman–Crippen MR) is 52.5 cm³/mol. The van der Waals surface area contributed by atoms with Gasteiger partial charge in [-0.15, -0.1) is 0 Å². The van der Waals surface area contributed by atoms with E-state index in [2.05, 4.69) is 10.6 Å². The minimum atomic E-state index is -0.826. The molecule has 0 aromatic heterocycles. The van der Waals surface area contributed by atoms with Crippen LogP contribution in [0, 0.1) is 10.1 Å². The summed E-state index contributed by atoms with van der Waals surface area (Å²) in [7, 11) is 1.86. The van der Waals surface area contributed by atoms with Crippen LogP contribution in [0.5, 0.6) is 0 Å². The minimum Gasteiger partial charge on any atom is -0.318 e. The van der Waals surface area contributed by atoms with E-state index in [-0.39, 0.29) is 4.92 Å². The van der Waals surface area contributed by atoms with Crippen LogP contribution in [0.25, 0.3) is 0 Å². The highest BCUT2D eigenvalue weighted by Gasteiger charge is 2.33. The zero-order valence-electron chi connectivity index (χ0n) is 8.59. The maximum Gasteiger partial charge on any atom is 0.231 e. The average Bonchev–Trinajstić information content (AvgIpc) is 2.12. The van der Waals surface area contributed by atoms with Crippen molar-refractivity contribution in [3.8, 4) is 0 Å². The van der Waals surface area contributed by atoms with Gasteiger partial charge >= 0.3 is 0 Å². The van der Waals surface area contributed by atoms with Crippen molar-refractivity contribution < 1.29 is 4.92 Å². The van der Waals surface area contributed by atoms with E-state index in [0.717, 1.165) is 13.1 Å². The molecule has 0 radical (unpaired) electrons. The van der Waals surface area contributed by atoms with Gasteiger partial charge in [0.2, 0.25) is 5.54 Å². The largest absolute Gasteiger partial charge is 0.318 e. The molecule has 13 heavy (non-hydrogen) atoms. The molecule has 1 unspecified atom stereocenters. The van der Waals surface area contributed by atoms with Gasteiger partial charge in [-0.3, -0.25) is 10.1 Å². The maximum atomic E-state index is 10.7. The molecule has 2 N–H and O–H groups in total. The Kier molecular flexibility index (Phi) is 5.57. The molecular weight excluding hydrogens is 170 g/mol. The molecule has 0 aliphatic rings. The van der Waals surface area contributed by atoms with Gasteiger partial charge in [-0.2, -0.15) is 0 Å². The molecule has 0 spiro atoms. The van der Waals surface area contributed by atoms with Crippen molar-refractivity contribution in [2.75, 3.05) is 26.7 Å². The lowest BCUT2D eigenvalue weighted by molar-refractivity contribution is -0.563. The van der Waals surface area contributed by atoms with Crippen LogP contribution < -0.4 is 10.6 Å². The summed E-state index contributed by atoms with van der Waals surface area (Å²) < 4.78 is 0. The zero-order valence-corrected chi connectivity index (χ0v) is 8.59. The second-order valence-electron chi connectivity index (χ2n) is 3.39. The number of likely N-dealkylation sites (N-methyl/N-ethyl adjacent to an activating group) is 1. The van der Waals surface area contributed by atoms with Crippen molar-refractivity contribution >= 4 is 0 Å². The van der Waals surface area contributed by atoms with Gasteiger partial charge in [0.15, 0.2) is 0 Å². The second-order valence-corrected chi connectivity index (χ2v) is 3.39. The van der Waals surface area contributed by atoms with Crippen LogP contribution in [-0.2, 0) is 0 Å². The van der Waals surface area contributed by atoms with E-state index in [4.69, 9.17) is 0 Å². The van der Waals surface area contributed by atoms with Gasteiger partial charge in [0, 0.05) is 31.4 Å². The van der Waals surface area contributed by atoms with E-state index in [1.165, 1.54) is 0 Å². The number of hydrogen-bond acceptors (Lipinski definition) is 4. The molecule has 5 nitrogen and oxygen atoms in total. The molecule has 1 atom stereocenters. The predicted octanol–water partition coefficient (Wildman–Crippen LogP) is 0.241. The summed E-state index contributed by atoms with van der Waals surface area (Å²) in [5, 5.41) is 16.7. The van der Waals surface area contributed by atoms with Crippen molar-refractivity contribution in [2.45, 2.75) is 25.8 Å². The normalized spacial score (nSPS) is 15.3. The highest BCUT2D eigenvalue weighted by Crippen LogP contribution is 2.11. The van der Waals surface area contributed by atoms with Gasteiger partial charge in [0.25, 0.3) is 0 Å². The molecule has 0 aliphatic heterocycles. The van der Waals surface area contributed by atoms with E-state index in [1.54, 1.807) is 6.92 Å². The summed E-state index contributed by atoms with van der Waals surface area (Å²) in [5.74, 6) is 0. The van der Waals surface area contributed by atoms with Crippen LogP contribution >= 0.6 is 0 Å². The molecule has 0 amide bonds. The molecule has 0 saturated heterocycles. The molecule has 0 bridgehead atoms. The van der Waals surface area contributed by atoms with E-state index in [0.29, 0.717) is 13.0 Å². The van der Waals surface area contributed by atoms with Crippen LogP contribution in [0.15, 0.2) is 0 Å². The lowest BCUT2D eigenvalue weighted by Gasteiger charge is -2.19. The third-order valence-corrected chi connectivity index (χ3v) is 2.26. The van der Waals surface area contributed by atoms with Crippen LogP contribution in [-0.4, -0.2) is 37.1 Å². The monoisotopic (exact) mass is 189 g/mol. The topological polar surface area (TPSA) is 67.2 Å². The molecule has 5 heteroatoms. The molecule has 0 heterocycles. The third-order valence-electron chi connectivity index (χ3n) is 2.26. The summed E-state index contributed by atoms with van der Waals surface area (Å²) in [5.41, 5.74) is -0.826. The third kappa shape index (κ3) is 4.19. The SMILES string of the molecule is CCC(C)(CNCCNC)[N+](=O)[O-]. The Bertz CT molecular complexity index is 163. The Hall–Kier alpha value is -0.680. The van der Waals surface area contributed by atoms with E-state index < -0.39 is 5.54 Å². The van der Waals surface area contributed by atoms with E-state index >= 15 is 0 Å². The van der Waals surface area contributed by atoms with Gasteiger partial charge < -0.3 is 10.6 Å². The fourth-order valence-electron chi connectivity index (χ4n) is 0.890. The molecule has 0 saturated carbocycles. The van der Waals surface area contributed by atoms with E-state index in [9.17, 15) is 10.1 Å². The molecule has 0 aromatic rings. The number of nitrogens with one attached hydrogen (secondary N) is 2. The Morgan fingerprint density at radius 3 is 2.46 bits per heavy atom. The second kappa shape index (κ2) is 5.88. The Balaban J connectivity index is 3.78. The number of nitrogens with zero attached hydrogens (tertiary/aromatic N) is 1. The fourth-order valence-corrected chi connectivity index (χ4v) is 0.890. The first-order valence-electron chi connectivity index (χ1n) is 4.56. The molecule has 0 aromatic carbocycles. The molecular formula is C8H19N3O2. The van der Waals surface area contributed by atoms with E-state index in [1.807, 2.05) is 14.0 Å². The van der Waals surface area contributed by atoms with Crippen LogP contribution in [0.3, 0.4) is 0 Å². The van der Waals surface area contributed by atoms with Crippen LogP contribution in [0.1, 0.15) is 20.3 Å². The van der Waals surface area contributed by atoms with Crippen molar-refractivity contribution in [1.82, 2.24) is 10.6 Å². The van der Waals surface area contributed by atoms with Gasteiger partial charge in [-0.1, -0.05) is 6.92 Å².